The first kappa shape index (κ1) is 10.5. The summed E-state index contributed by atoms with van der Waals surface area (Å²) in [6, 6.07) is 12.8. The summed E-state index contributed by atoms with van der Waals surface area (Å²) in [5, 5.41) is 2.59. The molecule has 0 spiro atoms. The van der Waals surface area contributed by atoms with Gasteiger partial charge in [-0.1, -0.05) is 34.8 Å². The molecule has 2 rings (SSSR count). The van der Waals surface area contributed by atoms with Crippen LogP contribution in [0.4, 0.5) is 0 Å². The van der Waals surface area contributed by atoms with Crippen molar-refractivity contribution in [2.75, 3.05) is 7.11 Å². The smallest absolute Gasteiger partial charge is 0.300 e. The molecule has 76 valence electrons. The first-order valence-electron chi connectivity index (χ1n) is 5.29. The van der Waals surface area contributed by atoms with Crippen molar-refractivity contribution in [1.29, 1.82) is 0 Å². The van der Waals surface area contributed by atoms with E-state index in [4.69, 9.17) is 4.74 Å². The lowest BCUT2D eigenvalue weighted by atomic mass is 10.1. The van der Waals surface area contributed by atoms with Crippen molar-refractivity contribution in [2.24, 2.45) is 0 Å². The molecule has 2 heteroatoms. The van der Waals surface area contributed by atoms with Gasteiger partial charge in [-0.25, -0.2) is 0 Å². The van der Waals surface area contributed by atoms with Gasteiger partial charge in [0, 0.05) is 5.39 Å². The Morgan fingerprint density at radius 2 is 1.67 bits per heavy atom. The lowest BCUT2D eigenvalue weighted by Crippen LogP contribution is -2.23. The summed E-state index contributed by atoms with van der Waals surface area (Å²) in [6.45, 7) is 0. The Balaban J connectivity index is 2.81. The third-order valence-electron chi connectivity index (χ3n) is 2.74. The van der Waals surface area contributed by atoms with Gasteiger partial charge < -0.3 is 4.74 Å². The Morgan fingerprint density at radius 1 is 1.00 bits per heavy atom. The Bertz CT molecular complexity index is 472. The normalized spacial score (nSPS) is 10.3. The molecule has 0 aliphatic rings. The number of methoxy groups -OCH3 is 1. The molecule has 0 aliphatic carbocycles. The summed E-state index contributed by atoms with van der Waals surface area (Å²) in [5.41, 5.74) is 0. The van der Waals surface area contributed by atoms with Gasteiger partial charge in [0.05, 0.1) is 7.11 Å². The molecule has 0 fully saturated rings. The van der Waals surface area contributed by atoms with Gasteiger partial charge in [0.25, 0.3) is 0 Å². The zero-order valence-electron chi connectivity index (χ0n) is 9.45. The Morgan fingerprint density at radius 3 is 2.27 bits per heavy atom. The second kappa shape index (κ2) is 4.27. The van der Waals surface area contributed by atoms with Crippen LogP contribution in [0.1, 0.15) is 0 Å². The SMILES string of the molecule is COc1cccc2ccc[c]([Al]([CH3])[CH3])c12. The van der Waals surface area contributed by atoms with Crippen LogP contribution in [0.2, 0.25) is 11.6 Å². The minimum absolute atomic E-state index is 0.801. The number of rotatable bonds is 2. The predicted octanol–water partition coefficient (Wildman–Crippen LogP) is 2.81. The van der Waals surface area contributed by atoms with Crippen LogP contribution in [0.15, 0.2) is 36.4 Å². The standard InChI is InChI=1S/C11H9O.2CH3.Al/c1-12-11-8-4-6-9-5-2-3-7-10(9)11;;;/h2-6,8H,1H3;2*1H3;. The van der Waals surface area contributed by atoms with Crippen LogP contribution < -0.4 is 9.16 Å². The molecule has 0 unspecified atom stereocenters. The minimum Gasteiger partial charge on any atom is -0.496 e. The third kappa shape index (κ3) is 1.88. The molecule has 0 bridgehead atoms. The van der Waals surface area contributed by atoms with Gasteiger partial charge in [-0.3, -0.25) is 0 Å². The predicted molar refractivity (Wildman–Crippen MR) is 67.6 cm³/mol. The van der Waals surface area contributed by atoms with Crippen molar-refractivity contribution in [3.05, 3.63) is 36.4 Å². The highest BCUT2D eigenvalue weighted by Crippen LogP contribution is 2.23. The van der Waals surface area contributed by atoms with E-state index in [2.05, 4.69) is 35.8 Å². The van der Waals surface area contributed by atoms with E-state index in [1.165, 1.54) is 15.2 Å². The van der Waals surface area contributed by atoms with Crippen molar-refractivity contribution in [2.45, 2.75) is 11.6 Å². The Hall–Kier alpha value is -0.968. The summed E-state index contributed by atoms with van der Waals surface area (Å²) < 4.78 is 6.93. The van der Waals surface area contributed by atoms with Crippen molar-refractivity contribution in [3.8, 4) is 5.75 Å². The van der Waals surface area contributed by atoms with Gasteiger partial charge in [0.1, 0.15) is 5.75 Å². The maximum Gasteiger partial charge on any atom is 0.300 e. The van der Waals surface area contributed by atoms with E-state index in [0.717, 1.165) is 5.75 Å². The molecular formula is C13H15AlO. The van der Waals surface area contributed by atoms with E-state index in [1.807, 2.05) is 12.1 Å². The molecule has 1 nitrogen and oxygen atoms in total. The molecule has 2 aromatic carbocycles. The van der Waals surface area contributed by atoms with E-state index in [0.29, 0.717) is 0 Å². The van der Waals surface area contributed by atoms with Crippen LogP contribution in [0.3, 0.4) is 0 Å². The third-order valence-corrected chi connectivity index (χ3v) is 4.47. The molecule has 0 aromatic heterocycles. The monoisotopic (exact) mass is 214 g/mol. The molecule has 2 aromatic rings. The minimum atomic E-state index is -0.801. The van der Waals surface area contributed by atoms with Crippen LogP contribution in [0, 0.1) is 0 Å². The summed E-state index contributed by atoms with van der Waals surface area (Å²) in [5.74, 6) is 5.70. The second-order valence-electron chi connectivity index (χ2n) is 4.06. The number of benzene rings is 2. The summed E-state index contributed by atoms with van der Waals surface area (Å²) in [4.78, 5) is 0. The van der Waals surface area contributed by atoms with E-state index in [9.17, 15) is 0 Å². The van der Waals surface area contributed by atoms with Crippen molar-refractivity contribution < 1.29 is 4.74 Å². The zero-order chi connectivity index (χ0) is 10.8. The van der Waals surface area contributed by atoms with Crippen molar-refractivity contribution in [3.63, 3.8) is 0 Å². The molecular weight excluding hydrogens is 199 g/mol. The highest BCUT2D eigenvalue weighted by molar-refractivity contribution is 6.73. The fourth-order valence-corrected chi connectivity index (χ4v) is 3.37. The molecule has 0 N–H and O–H groups in total. The number of hydrogen-bond acceptors (Lipinski definition) is 1. The molecule has 0 atom stereocenters. The number of fused-ring (bicyclic) bond motifs is 1. The van der Waals surface area contributed by atoms with Gasteiger partial charge in [-0.2, -0.15) is 0 Å². The quantitative estimate of drug-likeness (QED) is 0.698. The van der Waals surface area contributed by atoms with E-state index >= 15 is 0 Å². The van der Waals surface area contributed by atoms with Crippen LogP contribution in [0.5, 0.6) is 5.75 Å². The molecule has 0 radical (unpaired) electrons. The van der Waals surface area contributed by atoms with Gasteiger partial charge in [-0.15, -0.1) is 11.6 Å². The first-order chi connectivity index (χ1) is 7.24. The van der Waals surface area contributed by atoms with Gasteiger partial charge in [0.15, 0.2) is 0 Å². The Kier molecular flexibility index (Phi) is 3.00. The van der Waals surface area contributed by atoms with Gasteiger partial charge >= 0.3 is 14.1 Å². The lowest BCUT2D eigenvalue weighted by molar-refractivity contribution is 0.420. The van der Waals surface area contributed by atoms with Crippen LogP contribution in [0.25, 0.3) is 10.8 Å². The molecule has 0 amide bonds. The molecule has 0 aliphatic heterocycles. The number of ether oxygens (including phenoxy) is 1. The molecule has 15 heavy (non-hydrogen) atoms. The zero-order valence-corrected chi connectivity index (χ0v) is 10.6. The topological polar surface area (TPSA) is 9.23 Å². The highest BCUT2D eigenvalue weighted by atomic mass is 27.2. The lowest BCUT2D eigenvalue weighted by Gasteiger charge is -2.11. The largest absolute Gasteiger partial charge is 0.496 e. The van der Waals surface area contributed by atoms with Crippen molar-refractivity contribution in [1.82, 2.24) is 0 Å². The summed E-state index contributed by atoms with van der Waals surface area (Å²) in [6.07, 6.45) is 0. The first-order valence-corrected chi connectivity index (χ1v) is 8.18. The average molecular weight is 214 g/mol. The molecule has 0 heterocycles. The van der Waals surface area contributed by atoms with Crippen molar-refractivity contribution >= 4 is 29.3 Å². The van der Waals surface area contributed by atoms with E-state index < -0.39 is 14.1 Å². The summed E-state index contributed by atoms with van der Waals surface area (Å²) in [7, 11) is 1.74. The van der Waals surface area contributed by atoms with Gasteiger partial charge in [-0.05, 0) is 11.5 Å². The van der Waals surface area contributed by atoms with Gasteiger partial charge in [0.2, 0.25) is 0 Å². The maximum absolute atomic E-state index is 5.44. The second-order valence-corrected chi connectivity index (χ2v) is 6.99. The highest BCUT2D eigenvalue weighted by Gasteiger charge is 2.12. The van der Waals surface area contributed by atoms with E-state index in [-0.39, 0.29) is 0 Å². The van der Waals surface area contributed by atoms with Crippen LogP contribution in [-0.2, 0) is 0 Å². The molecule has 0 saturated carbocycles. The fourth-order valence-electron chi connectivity index (χ4n) is 1.99. The Labute approximate surface area is 95.1 Å². The summed E-state index contributed by atoms with van der Waals surface area (Å²) >= 11 is -0.801. The van der Waals surface area contributed by atoms with Crippen LogP contribution in [-0.4, -0.2) is 21.3 Å². The van der Waals surface area contributed by atoms with E-state index in [1.54, 1.807) is 7.11 Å². The fraction of sp³-hybridized carbons (Fsp3) is 0.231. The maximum atomic E-state index is 5.44. The van der Waals surface area contributed by atoms with Crippen LogP contribution >= 0.6 is 0 Å². The number of hydrogen-bond donors (Lipinski definition) is 0. The average Bonchev–Trinajstić information content (AvgIpc) is 2.27. The molecule has 0 saturated heterocycles.